The van der Waals surface area contributed by atoms with Crippen LogP contribution >= 0.6 is 15.9 Å². The molecule has 0 unspecified atom stereocenters. The minimum Gasteiger partial charge on any atom is -0.372 e. The minimum absolute atomic E-state index is 0.652. The second-order valence-electron chi connectivity index (χ2n) is 4.25. The van der Waals surface area contributed by atoms with Crippen LogP contribution in [-0.2, 0) is 12.8 Å². The third kappa shape index (κ3) is 3.50. The van der Waals surface area contributed by atoms with Crippen molar-refractivity contribution in [2.24, 2.45) is 0 Å². The van der Waals surface area contributed by atoms with Crippen molar-refractivity contribution in [3.63, 3.8) is 0 Å². The molecule has 2 aromatic heterocycles. The molecule has 4 nitrogen and oxygen atoms in total. The van der Waals surface area contributed by atoms with Gasteiger partial charge < -0.3 is 5.32 Å². The lowest BCUT2D eigenvalue weighted by Gasteiger charge is -2.10. The molecule has 0 amide bonds. The number of rotatable bonds is 5. The second-order valence-corrected chi connectivity index (χ2v) is 5.04. The van der Waals surface area contributed by atoms with E-state index >= 15 is 0 Å². The summed E-state index contributed by atoms with van der Waals surface area (Å²) in [6.45, 7) is 2.14. The maximum Gasteiger partial charge on any atom is 0.144 e. The van der Waals surface area contributed by atoms with Crippen LogP contribution in [0.2, 0.25) is 0 Å². The molecule has 0 saturated carbocycles. The maximum atomic E-state index is 4.63. The second kappa shape index (κ2) is 6.61. The predicted molar refractivity (Wildman–Crippen MR) is 80.3 cm³/mol. The summed E-state index contributed by atoms with van der Waals surface area (Å²) in [4.78, 5) is 13.5. The van der Waals surface area contributed by atoms with E-state index < -0.39 is 0 Å². The van der Waals surface area contributed by atoms with Crippen molar-refractivity contribution in [1.29, 1.82) is 0 Å². The number of hydrogen-bond acceptors (Lipinski definition) is 4. The molecule has 2 aromatic rings. The van der Waals surface area contributed by atoms with Gasteiger partial charge in [0.1, 0.15) is 11.6 Å². The maximum absolute atomic E-state index is 4.63. The molecule has 2 heterocycles. The molecule has 0 fully saturated rings. The standard InChI is InChI=1S/C14H17BrN4/c1-3-6-11-13(15)14(16-2)19-12(18-11)9-10-7-4-5-8-17-10/h4-5,7-8H,3,6,9H2,1-2H3,(H,16,18,19). The zero-order valence-corrected chi connectivity index (χ0v) is 12.7. The highest BCUT2D eigenvalue weighted by Crippen LogP contribution is 2.24. The fourth-order valence-electron chi connectivity index (χ4n) is 1.86. The fraction of sp³-hybridized carbons (Fsp3) is 0.357. The Hall–Kier alpha value is -1.49. The Labute approximate surface area is 121 Å². The SMILES string of the molecule is CCCc1nc(Cc2ccccn2)nc(NC)c1Br. The number of hydrogen-bond donors (Lipinski definition) is 1. The van der Waals surface area contributed by atoms with Gasteiger partial charge in [-0.3, -0.25) is 4.98 Å². The van der Waals surface area contributed by atoms with Crippen LogP contribution < -0.4 is 5.32 Å². The zero-order chi connectivity index (χ0) is 13.7. The first-order valence-electron chi connectivity index (χ1n) is 6.37. The highest BCUT2D eigenvalue weighted by Gasteiger charge is 2.11. The van der Waals surface area contributed by atoms with Crippen molar-refractivity contribution in [3.05, 3.63) is 46.1 Å². The average Bonchev–Trinajstić information content (AvgIpc) is 2.43. The number of halogens is 1. The van der Waals surface area contributed by atoms with Gasteiger partial charge in [-0.15, -0.1) is 0 Å². The first kappa shape index (κ1) is 13.9. The molecule has 0 aliphatic rings. The smallest absolute Gasteiger partial charge is 0.144 e. The summed E-state index contributed by atoms with van der Waals surface area (Å²) < 4.78 is 0.960. The van der Waals surface area contributed by atoms with Crippen molar-refractivity contribution in [3.8, 4) is 0 Å². The minimum atomic E-state index is 0.652. The van der Waals surface area contributed by atoms with E-state index in [9.17, 15) is 0 Å². The molecule has 2 rings (SSSR count). The predicted octanol–water partition coefficient (Wildman–Crippen LogP) is 3.22. The molecule has 0 aliphatic carbocycles. The van der Waals surface area contributed by atoms with Crippen LogP contribution in [0.5, 0.6) is 0 Å². The van der Waals surface area contributed by atoms with Crippen LogP contribution in [0, 0.1) is 0 Å². The topological polar surface area (TPSA) is 50.7 Å². The van der Waals surface area contributed by atoms with Crippen LogP contribution in [0.1, 0.15) is 30.6 Å². The molecular weight excluding hydrogens is 304 g/mol. The molecule has 5 heteroatoms. The molecular formula is C14H17BrN4. The van der Waals surface area contributed by atoms with Crippen LogP contribution in [0.3, 0.4) is 0 Å². The highest BCUT2D eigenvalue weighted by molar-refractivity contribution is 9.10. The zero-order valence-electron chi connectivity index (χ0n) is 11.2. The number of anilines is 1. The molecule has 0 aromatic carbocycles. The molecule has 100 valence electrons. The van der Waals surface area contributed by atoms with Gasteiger partial charge in [0.25, 0.3) is 0 Å². The summed E-state index contributed by atoms with van der Waals surface area (Å²) in [6.07, 6.45) is 4.44. The largest absolute Gasteiger partial charge is 0.372 e. The average molecular weight is 321 g/mol. The number of aromatic nitrogens is 3. The Balaban J connectivity index is 2.32. The lowest BCUT2D eigenvalue weighted by Crippen LogP contribution is -2.07. The quantitative estimate of drug-likeness (QED) is 0.919. The summed E-state index contributed by atoms with van der Waals surface area (Å²) in [7, 11) is 1.87. The van der Waals surface area contributed by atoms with E-state index in [2.05, 4.69) is 43.1 Å². The normalized spacial score (nSPS) is 10.5. The van der Waals surface area contributed by atoms with Crippen molar-refractivity contribution in [2.75, 3.05) is 12.4 Å². The van der Waals surface area contributed by atoms with Gasteiger partial charge in [-0.2, -0.15) is 0 Å². The summed E-state index contributed by atoms with van der Waals surface area (Å²) >= 11 is 3.56. The van der Waals surface area contributed by atoms with E-state index in [1.165, 1.54) is 0 Å². The van der Waals surface area contributed by atoms with Gasteiger partial charge in [0, 0.05) is 18.9 Å². The Kier molecular flexibility index (Phi) is 4.85. The molecule has 19 heavy (non-hydrogen) atoms. The van der Waals surface area contributed by atoms with E-state index in [0.717, 1.165) is 40.3 Å². The summed E-state index contributed by atoms with van der Waals surface area (Å²) in [5.41, 5.74) is 2.03. The molecule has 0 saturated heterocycles. The summed E-state index contributed by atoms with van der Waals surface area (Å²) in [6, 6.07) is 5.88. The first-order chi connectivity index (χ1) is 9.24. The number of aryl methyl sites for hydroxylation is 1. The van der Waals surface area contributed by atoms with E-state index in [1.54, 1.807) is 6.20 Å². The third-order valence-corrected chi connectivity index (χ3v) is 3.59. The fourth-order valence-corrected chi connectivity index (χ4v) is 2.43. The van der Waals surface area contributed by atoms with Crippen molar-refractivity contribution in [2.45, 2.75) is 26.2 Å². The van der Waals surface area contributed by atoms with E-state index in [0.29, 0.717) is 6.42 Å². The van der Waals surface area contributed by atoms with Crippen LogP contribution in [0.15, 0.2) is 28.9 Å². The van der Waals surface area contributed by atoms with Gasteiger partial charge >= 0.3 is 0 Å². The van der Waals surface area contributed by atoms with Crippen LogP contribution in [-0.4, -0.2) is 22.0 Å². The van der Waals surface area contributed by atoms with Crippen molar-refractivity contribution in [1.82, 2.24) is 15.0 Å². The third-order valence-electron chi connectivity index (χ3n) is 2.76. The molecule has 0 bridgehead atoms. The summed E-state index contributed by atoms with van der Waals surface area (Å²) in [5, 5.41) is 3.10. The van der Waals surface area contributed by atoms with E-state index in [-0.39, 0.29) is 0 Å². The van der Waals surface area contributed by atoms with Crippen LogP contribution in [0.4, 0.5) is 5.82 Å². The first-order valence-corrected chi connectivity index (χ1v) is 7.16. The Bertz CT molecular complexity index is 543. The van der Waals surface area contributed by atoms with Crippen molar-refractivity contribution < 1.29 is 0 Å². The van der Waals surface area contributed by atoms with Gasteiger partial charge in [0.2, 0.25) is 0 Å². The molecule has 0 aliphatic heterocycles. The Morgan fingerprint density at radius 1 is 1.26 bits per heavy atom. The van der Waals surface area contributed by atoms with Crippen LogP contribution in [0.25, 0.3) is 0 Å². The van der Waals surface area contributed by atoms with Gasteiger partial charge in [-0.05, 0) is 34.5 Å². The summed E-state index contributed by atoms with van der Waals surface area (Å²) in [5.74, 6) is 1.64. The number of pyridine rings is 1. The van der Waals surface area contributed by atoms with Gasteiger partial charge in [0.05, 0.1) is 16.6 Å². The van der Waals surface area contributed by atoms with Gasteiger partial charge in [0.15, 0.2) is 0 Å². The highest BCUT2D eigenvalue weighted by atomic mass is 79.9. The molecule has 0 radical (unpaired) electrons. The molecule has 1 N–H and O–H groups in total. The lowest BCUT2D eigenvalue weighted by molar-refractivity contribution is 0.830. The van der Waals surface area contributed by atoms with E-state index in [1.807, 2.05) is 25.2 Å². The molecule has 0 atom stereocenters. The Morgan fingerprint density at radius 3 is 2.74 bits per heavy atom. The van der Waals surface area contributed by atoms with Gasteiger partial charge in [-0.25, -0.2) is 9.97 Å². The van der Waals surface area contributed by atoms with Gasteiger partial charge in [-0.1, -0.05) is 19.4 Å². The lowest BCUT2D eigenvalue weighted by atomic mass is 10.2. The number of nitrogens with one attached hydrogen (secondary N) is 1. The van der Waals surface area contributed by atoms with E-state index in [4.69, 9.17) is 0 Å². The Morgan fingerprint density at radius 2 is 2.11 bits per heavy atom. The molecule has 0 spiro atoms. The monoisotopic (exact) mass is 320 g/mol. The van der Waals surface area contributed by atoms with Crippen molar-refractivity contribution >= 4 is 21.7 Å². The number of nitrogens with zero attached hydrogens (tertiary/aromatic N) is 3.